The normalized spacial score (nSPS) is 19.7. The quantitative estimate of drug-likeness (QED) is 0.201. The van der Waals surface area contributed by atoms with E-state index in [0.717, 1.165) is 11.1 Å². The fourth-order valence-corrected chi connectivity index (χ4v) is 6.00. The summed E-state index contributed by atoms with van der Waals surface area (Å²) in [5.41, 5.74) is 2.39. The van der Waals surface area contributed by atoms with Crippen LogP contribution in [-0.2, 0) is 32.0 Å². The van der Waals surface area contributed by atoms with Gasteiger partial charge in [0, 0.05) is 31.9 Å². The van der Waals surface area contributed by atoms with Gasteiger partial charge < -0.3 is 40.5 Å². The number of carbonyl (C=O) groups is 5. The van der Waals surface area contributed by atoms with E-state index in [1.54, 1.807) is 47.1 Å². The van der Waals surface area contributed by atoms with E-state index in [1.165, 1.54) is 7.11 Å². The van der Waals surface area contributed by atoms with E-state index in [2.05, 4.69) is 31.6 Å². The van der Waals surface area contributed by atoms with Crippen molar-refractivity contribution in [2.45, 2.75) is 64.1 Å². The molecule has 0 unspecified atom stereocenters. The molecule has 0 saturated carbocycles. The van der Waals surface area contributed by atoms with Crippen LogP contribution < -0.4 is 36.1 Å². The van der Waals surface area contributed by atoms with Gasteiger partial charge in [-0.25, -0.2) is 4.98 Å². The number of fused-ring (bicyclic) bond motifs is 3. The Hall–Kier alpha value is -5.92. The fourth-order valence-electron chi connectivity index (χ4n) is 6.00. The lowest BCUT2D eigenvalue weighted by Gasteiger charge is -2.27. The number of imidazole rings is 1. The first-order chi connectivity index (χ1) is 25.6. The van der Waals surface area contributed by atoms with E-state index >= 15 is 0 Å². The Kier molecular flexibility index (Phi) is 13.4. The molecular weight excluding hydrogens is 678 g/mol. The topological polar surface area (TPSA) is 181 Å². The molecule has 3 heterocycles. The summed E-state index contributed by atoms with van der Waals surface area (Å²) in [6.45, 7) is 3.94. The molecule has 0 saturated heterocycles. The number of methoxy groups -OCH3 is 1. The number of benzene rings is 2. The zero-order chi connectivity index (χ0) is 37.7. The summed E-state index contributed by atoms with van der Waals surface area (Å²) in [5, 5.41) is 14.2. The molecule has 4 aromatic rings. The zero-order valence-corrected chi connectivity index (χ0v) is 30.2. The van der Waals surface area contributed by atoms with Gasteiger partial charge in [0.1, 0.15) is 29.5 Å². The standard InChI is InChI=1S/C39H47N7O7/c1-25(2)35-39(51)41-19-9-13-27-16-17-31(52-3)32(22-27)53-24-34(47)40-18-10-14-28(43-38(50)30-23-46-20-8-7-15-33(46)42-30)36(48)44-29(37(49)45-35)21-26-11-5-4-6-12-26/h4-8,11-12,15-17,20,22-23,25,28-29,35H,9-10,13-14,18-19,21,24H2,1-3H3,(H,40,47)(H,41,51)(H,43,50)(H,44,48)(H,45,49)/t28-,29-,35+/m0/s1. The second-order valence-electron chi connectivity index (χ2n) is 13.3. The van der Waals surface area contributed by atoms with Gasteiger partial charge in [-0.05, 0) is 67.0 Å². The van der Waals surface area contributed by atoms with Crippen LogP contribution in [0.5, 0.6) is 11.5 Å². The van der Waals surface area contributed by atoms with Crippen LogP contribution in [-0.4, -0.2) is 83.9 Å². The van der Waals surface area contributed by atoms with Crippen LogP contribution in [0.25, 0.3) is 5.65 Å². The molecule has 14 heteroatoms. The number of hydrogen-bond acceptors (Lipinski definition) is 8. The van der Waals surface area contributed by atoms with Crippen molar-refractivity contribution in [1.82, 2.24) is 36.0 Å². The predicted molar refractivity (Wildman–Crippen MR) is 197 cm³/mol. The van der Waals surface area contributed by atoms with E-state index < -0.39 is 35.8 Å². The SMILES string of the molecule is COc1ccc2cc1OCC(=O)NCCC[C@H](NC(=O)c1cn3ccccc3n1)C(=O)N[C@@H](Cc1ccccc1)C(=O)N[C@H](C(C)C)C(=O)NCCC2. The average Bonchev–Trinajstić information content (AvgIpc) is 3.60. The van der Waals surface area contributed by atoms with Crippen LogP contribution in [0.3, 0.4) is 0 Å². The monoisotopic (exact) mass is 725 g/mol. The highest BCUT2D eigenvalue weighted by Crippen LogP contribution is 2.28. The number of ether oxygens (including phenoxy) is 2. The molecule has 2 aromatic heterocycles. The third-order valence-corrected chi connectivity index (χ3v) is 8.90. The summed E-state index contributed by atoms with van der Waals surface area (Å²) in [6.07, 6.45) is 5.10. The second-order valence-corrected chi connectivity index (χ2v) is 13.3. The van der Waals surface area contributed by atoms with Crippen LogP contribution >= 0.6 is 0 Å². The first kappa shape index (κ1) is 38.3. The predicted octanol–water partition coefficient (Wildman–Crippen LogP) is 2.35. The van der Waals surface area contributed by atoms with Crippen LogP contribution in [0.15, 0.2) is 79.1 Å². The van der Waals surface area contributed by atoms with Crippen molar-refractivity contribution in [1.29, 1.82) is 0 Å². The summed E-state index contributed by atoms with van der Waals surface area (Å²) >= 11 is 0. The van der Waals surface area contributed by atoms with Crippen LogP contribution in [0.4, 0.5) is 0 Å². The Morgan fingerprint density at radius 2 is 1.72 bits per heavy atom. The highest BCUT2D eigenvalue weighted by Gasteiger charge is 2.31. The van der Waals surface area contributed by atoms with Gasteiger partial charge in [-0.1, -0.05) is 56.3 Å². The first-order valence-corrected chi connectivity index (χ1v) is 17.8. The zero-order valence-electron chi connectivity index (χ0n) is 30.2. The van der Waals surface area contributed by atoms with E-state index in [-0.39, 0.29) is 49.4 Å². The maximum atomic E-state index is 14.0. The first-order valence-electron chi connectivity index (χ1n) is 17.8. The van der Waals surface area contributed by atoms with Gasteiger partial charge in [-0.3, -0.25) is 24.0 Å². The Morgan fingerprint density at radius 3 is 2.47 bits per heavy atom. The molecule has 5 N–H and O–H groups in total. The molecule has 0 fully saturated rings. The second kappa shape index (κ2) is 18.5. The lowest BCUT2D eigenvalue weighted by atomic mass is 10.00. The maximum absolute atomic E-state index is 14.0. The summed E-state index contributed by atoms with van der Waals surface area (Å²) in [4.78, 5) is 71.9. The number of hydrogen-bond donors (Lipinski definition) is 5. The molecule has 0 aliphatic carbocycles. The molecule has 53 heavy (non-hydrogen) atoms. The summed E-state index contributed by atoms with van der Waals surface area (Å²) in [6, 6.07) is 17.0. The number of rotatable bonds is 6. The smallest absolute Gasteiger partial charge is 0.272 e. The Bertz CT molecular complexity index is 1860. The van der Waals surface area contributed by atoms with Crippen molar-refractivity contribution < 1.29 is 33.4 Å². The van der Waals surface area contributed by atoms with Gasteiger partial charge in [-0.2, -0.15) is 0 Å². The Labute approximate surface area is 308 Å². The lowest BCUT2D eigenvalue weighted by molar-refractivity contribution is -0.133. The minimum Gasteiger partial charge on any atom is -0.493 e. The molecule has 3 atom stereocenters. The Balaban J connectivity index is 1.40. The van der Waals surface area contributed by atoms with E-state index in [9.17, 15) is 24.0 Å². The summed E-state index contributed by atoms with van der Waals surface area (Å²) in [5.74, 6) is -1.82. The minimum absolute atomic E-state index is 0.108. The molecule has 0 spiro atoms. The van der Waals surface area contributed by atoms with Crippen molar-refractivity contribution in [2.24, 2.45) is 5.92 Å². The van der Waals surface area contributed by atoms with Gasteiger partial charge in [0.05, 0.1) is 7.11 Å². The number of aromatic nitrogens is 2. The maximum Gasteiger partial charge on any atom is 0.272 e. The molecule has 280 valence electrons. The van der Waals surface area contributed by atoms with Crippen molar-refractivity contribution in [3.05, 3.63) is 95.9 Å². The van der Waals surface area contributed by atoms with Crippen molar-refractivity contribution in [3.8, 4) is 11.5 Å². The average molecular weight is 726 g/mol. The van der Waals surface area contributed by atoms with Gasteiger partial charge in [0.25, 0.3) is 11.8 Å². The van der Waals surface area contributed by atoms with Crippen LogP contribution in [0, 0.1) is 5.92 Å². The number of pyridine rings is 1. The molecule has 14 nitrogen and oxygen atoms in total. The fraction of sp³-hybridized carbons (Fsp3) is 0.385. The number of nitrogens with one attached hydrogen (secondary N) is 5. The van der Waals surface area contributed by atoms with Gasteiger partial charge in [0.15, 0.2) is 18.1 Å². The third-order valence-electron chi connectivity index (χ3n) is 8.90. The van der Waals surface area contributed by atoms with Crippen molar-refractivity contribution in [2.75, 3.05) is 26.8 Å². The number of carbonyl (C=O) groups excluding carboxylic acids is 5. The molecular formula is C39H47N7O7. The van der Waals surface area contributed by atoms with E-state index in [1.807, 2.05) is 50.2 Å². The molecule has 5 rings (SSSR count). The third kappa shape index (κ3) is 10.8. The lowest BCUT2D eigenvalue weighted by Crippen LogP contribution is -2.58. The molecule has 1 aliphatic rings. The number of amides is 5. The highest BCUT2D eigenvalue weighted by molar-refractivity contribution is 5.98. The van der Waals surface area contributed by atoms with Crippen molar-refractivity contribution >= 4 is 35.2 Å². The van der Waals surface area contributed by atoms with Gasteiger partial charge in [-0.15, -0.1) is 0 Å². The van der Waals surface area contributed by atoms with Crippen molar-refractivity contribution in [3.63, 3.8) is 0 Å². The highest BCUT2D eigenvalue weighted by atomic mass is 16.5. The minimum atomic E-state index is -1.10. The van der Waals surface area contributed by atoms with E-state index in [0.29, 0.717) is 43.0 Å². The Morgan fingerprint density at radius 1 is 0.943 bits per heavy atom. The number of aryl methyl sites for hydroxylation is 1. The van der Waals surface area contributed by atoms with Crippen LogP contribution in [0.1, 0.15) is 54.7 Å². The van der Waals surface area contributed by atoms with Crippen LogP contribution in [0.2, 0.25) is 0 Å². The molecule has 1 aliphatic heterocycles. The molecule has 0 radical (unpaired) electrons. The van der Waals surface area contributed by atoms with E-state index in [4.69, 9.17) is 9.47 Å². The van der Waals surface area contributed by atoms with Gasteiger partial charge >= 0.3 is 0 Å². The molecule has 2 aromatic carbocycles. The summed E-state index contributed by atoms with van der Waals surface area (Å²) < 4.78 is 12.9. The molecule has 2 bridgehead atoms. The molecule has 5 amide bonds. The summed E-state index contributed by atoms with van der Waals surface area (Å²) in [7, 11) is 1.51. The number of nitrogens with zero attached hydrogens (tertiary/aromatic N) is 2. The van der Waals surface area contributed by atoms with Gasteiger partial charge in [0.2, 0.25) is 17.7 Å². The largest absolute Gasteiger partial charge is 0.493 e.